The molecule has 0 aliphatic carbocycles. The number of ether oxygens (including phenoxy) is 1. The predicted octanol–water partition coefficient (Wildman–Crippen LogP) is 4.38. The van der Waals surface area contributed by atoms with Gasteiger partial charge in [0.2, 0.25) is 0 Å². The van der Waals surface area contributed by atoms with Crippen LogP contribution in [-0.2, 0) is 13.0 Å². The summed E-state index contributed by atoms with van der Waals surface area (Å²) >= 11 is 0. The number of carbonyl (C=O) groups is 1. The lowest BCUT2D eigenvalue weighted by Gasteiger charge is -2.07. The molecule has 2 N–H and O–H groups in total. The smallest absolute Gasteiger partial charge is 0.343 e. The van der Waals surface area contributed by atoms with Crippen LogP contribution in [0.3, 0.4) is 0 Å². The molecule has 0 spiro atoms. The van der Waals surface area contributed by atoms with E-state index in [-0.39, 0.29) is 18.4 Å². The summed E-state index contributed by atoms with van der Waals surface area (Å²) in [6, 6.07) is 25.0. The maximum Gasteiger partial charge on any atom is 0.343 e. The van der Waals surface area contributed by atoms with Crippen molar-refractivity contribution in [2.24, 2.45) is 5.73 Å². The number of benzene rings is 3. The molecule has 3 nitrogen and oxygen atoms in total. The van der Waals surface area contributed by atoms with Gasteiger partial charge in [0.15, 0.2) is 0 Å². The van der Waals surface area contributed by atoms with E-state index in [1.54, 1.807) is 12.1 Å². The van der Waals surface area contributed by atoms with Gasteiger partial charge in [-0.15, -0.1) is 12.4 Å². The molecule has 4 heteroatoms. The SMILES string of the molecule is Cl.NCc1ccc(C(=O)Oc2ccc(Cc3ccccc3)cc2)cc1. The molecule has 0 heterocycles. The lowest BCUT2D eigenvalue weighted by molar-refractivity contribution is 0.0734. The quantitative estimate of drug-likeness (QED) is 0.547. The first-order chi connectivity index (χ1) is 11.7. The van der Waals surface area contributed by atoms with Crippen LogP contribution in [0.4, 0.5) is 0 Å². The van der Waals surface area contributed by atoms with Gasteiger partial charge in [-0.05, 0) is 47.4 Å². The van der Waals surface area contributed by atoms with Gasteiger partial charge in [0, 0.05) is 6.54 Å². The highest BCUT2D eigenvalue weighted by Crippen LogP contribution is 2.17. The van der Waals surface area contributed by atoms with E-state index in [0.717, 1.165) is 12.0 Å². The van der Waals surface area contributed by atoms with E-state index in [9.17, 15) is 4.79 Å². The standard InChI is InChI=1S/C21H19NO2.ClH/c22-15-18-6-10-19(11-7-18)21(23)24-20-12-8-17(9-13-20)14-16-4-2-1-3-5-16;/h1-13H,14-15,22H2;1H. The molecule has 0 radical (unpaired) electrons. The molecule has 0 saturated heterocycles. The minimum Gasteiger partial charge on any atom is -0.423 e. The van der Waals surface area contributed by atoms with Crippen molar-refractivity contribution in [1.82, 2.24) is 0 Å². The molecule has 3 aromatic carbocycles. The summed E-state index contributed by atoms with van der Waals surface area (Å²) in [5.41, 5.74) is 9.48. The molecule has 25 heavy (non-hydrogen) atoms. The zero-order valence-corrected chi connectivity index (χ0v) is 14.5. The first kappa shape index (κ1) is 18.7. The Morgan fingerprint density at radius 1 is 0.760 bits per heavy atom. The van der Waals surface area contributed by atoms with Crippen molar-refractivity contribution in [3.63, 3.8) is 0 Å². The van der Waals surface area contributed by atoms with Crippen molar-refractivity contribution in [2.45, 2.75) is 13.0 Å². The molecule has 0 aromatic heterocycles. The molecule has 0 aliphatic rings. The molecule has 0 atom stereocenters. The highest BCUT2D eigenvalue weighted by molar-refractivity contribution is 5.91. The summed E-state index contributed by atoms with van der Waals surface area (Å²) in [5.74, 6) is 0.175. The molecule has 0 unspecified atom stereocenters. The van der Waals surface area contributed by atoms with Crippen LogP contribution in [0.25, 0.3) is 0 Å². The van der Waals surface area contributed by atoms with Crippen molar-refractivity contribution in [3.05, 3.63) is 101 Å². The van der Waals surface area contributed by atoms with Crippen molar-refractivity contribution < 1.29 is 9.53 Å². The molecular weight excluding hydrogens is 334 g/mol. The second-order valence-electron chi connectivity index (χ2n) is 5.60. The fourth-order valence-corrected chi connectivity index (χ4v) is 2.45. The summed E-state index contributed by atoms with van der Waals surface area (Å²) in [4.78, 5) is 12.1. The molecule has 3 rings (SSSR count). The monoisotopic (exact) mass is 353 g/mol. The van der Waals surface area contributed by atoms with E-state index in [1.165, 1.54) is 11.1 Å². The van der Waals surface area contributed by atoms with Gasteiger partial charge >= 0.3 is 5.97 Å². The van der Waals surface area contributed by atoms with Gasteiger partial charge in [-0.2, -0.15) is 0 Å². The maximum atomic E-state index is 12.1. The number of esters is 1. The van der Waals surface area contributed by atoms with E-state index in [4.69, 9.17) is 10.5 Å². The van der Waals surface area contributed by atoms with Crippen LogP contribution in [-0.4, -0.2) is 5.97 Å². The summed E-state index contributed by atoms with van der Waals surface area (Å²) in [5, 5.41) is 0. The molecule has 0 fully saturated rings. The fraction of sp³-hybridized carbons (Fsp3) is 0.0952. The number of carbonyl (C=O) groups excluding carboxylic acids is 1. The van der Waals surface area contributed by atoms with E-state index in [2.05, 4.69) is 12.1 Å². The predicted molar refractivity (Wildman–Crippen MR) is 102 cm³/mol. The third-order valence-corrected chi connectivity index (χ3v) is 3.81. The van der Waals surface area contributed by atoms with Gasteiger partial charge in [-0.3, -0.25) is 0 Å². The molecule has 3 aromatic rings. The largest absolute Gasteiger partial charge is 0.423 e. The summed E-state index contributed by atoms with van der Waals surface area (Å²) in [6.07, 6.45) is 0.857. The molecule has 0 bridgehead atoms. The van der Waals surface area contributed by atoms with Crippen molar-refractivity contribution in [2.75, 3.05) is 0 Å². The summed E-state index contributed by atoms with van der Waals surface area (Å²) in [6.45, 7) is 0.457. The zero-order valence-electron chi connectivity index (χ0n) is 13.7. The lowest BCUT2D eigenvalue weighted by atomic mass is 10.1. The third-order valence-electron chi connectivity index (χ3n) is 3.81. The minimum absolute atomic E-state index is 0. The van der Waals surface area contributed by atoms with Gasteiger partial charge in [0.1, 0.15) is 5.75 Å². The number of rotatable bonds is 5. The Labute approximate surface area is 153 Å². The molecular formula is C21H20ClNO2. The van der Waals surface area contributed by atoms with Gasteiger partial charge in [0.25, 0.3) is 0 Å². The van der Waals surface area contributed by atoms with E-state index in [1.807, 2.05) is 54.6 Å². The number of halogens is 1. The first-order valence-corrected chi connectivity index (χ1v) is 7.88. The highest BCUT2D eigenvalue weighted by atomic mass is 35.5. The van der Waals surface area contributed by atoms with Crippen LogP contribution in [0, 0.1) is 0 Å². The number of hydrogen-bond donors (Lipinski definition) is 1. The molecule has 0 amide bonds. The van der Waals surface area contributed by atoms with Crippen molar-refractivity contribution in [3.8, 4) is 5.75 Å². The average molecular weight is 354 g/mol. The average Bonchev–Trinajstić information content (AvgIpc) is 2.64. The van der Waals surface area contributed by atoms with Crippen LogP contribution in [0.2, 0.25) is 0 Å². The zero-order chi connectivity index (χ0) is 16.8. The molecule has 0 aliphatic heterocycles. The van der Waals surface area contributed by atoms with E-state index < -0.39 is 0 Å². The second-order valence-corrected chi connectivity index (χ2v) is 5.60. The van der Waals surface area contributed by atoms with Gasteiger partial charge in [-0.25, -0.2) is 4.79 Å². The Morgan fingerprint density at radius 2 is 1.32 bits per heavy atom. The van der Waals surface area contributed by atoms with Crippen LogP contribution in [0.5, 0.6) is 5.75 Å². The minimum atomic E-state index is -0.366. The molecule has 0 saturated carbocycles. The number of hydrogen-bond acceptors (Lipinski definition) is 3. The second kappa shape index (κ2) is 9.02. The van der Waals surface area contributed by atoms with E-state index >= 15 is 0 Å². The van der Waals surface area contributed by atoms with Crippen LogP contribution < -0.4 is 10.5 Å². The Bertz CT molecular complexity index is 800. The van der Waals surface area contributed by atoms with Gasteiger partial charge < -0.3 is 10.5 Å². The third kappa shape index (κ3) is 5.18. The lowest BCUT2D eigenvalue weighted by Crippen LogP contribution is -2.08. The summed E-state index contributed by atoms with van der Waals surface area (Å²) < 4.78 is 5.41. The van der Waals surface area contributed by atoms with Crippen LogP contribution in [0.15, 0.2) is 78.9 Å². The number of nitrogens with two attached hydrogens (primary N) is 1. The Hall–Kier alpha value is -2.62. The van der Waals surface area contributed by atoms with Gasteiger partial charge in [-0.1, -0.05) is 54.6 Å². The Kier molecular flexibility index (Phi) is 6.75. The van der Waals surface area contributed by atoms with Gasteiger partial charge in [0.05, 0.1) is 5.56 Å². The molecule has 128 valence electrons. The van der Waals surface area contributed by atoms with Crippen LogP contribution >= 0.6 is 12.4 Å². The highest BCUT2D eigenvalue weighted by Gasteiger charge is 2.08. The maximum absolute atomic E-state index is 12.1. The van der Waals surface area contributed by atoms with E-state index in [0.29, 0.717) is 17.9 Å². The first-order valence-electron chi connectivity index (χ1n) is 7.88. The van der Waals surface area contributed by atoms with Crippen molar-refractivity contribution >= 4 is 18.4 Å². The summed E-state index contributed by atoms with van der Waals surface area (Å²) in [7, 11) is 0. The van der Waals surface area contributed by atoms with Crippen molar-refractivity contribution in [1.29, 1.82) is 0 Å². The fourth-order valence-electron chi connectivity index (χ4n) is 2.45. The Morgan fingerprint density at radius 3 is 1.92 bits per heavy atom. The normalized spacial score (nSPS) is 9.96. The van der Waals surface area contributed by atoms with Crippen LogP contribution in [0.1, 0.15) is 27.0 Å². The Balaban J connectivity index is 0.00000225. The topological polar surface area (TPSA) is 52.3 Å².